The maximum Gasteiger partial charge on any atom is 0.309 e. The number of hydrogen-bond acceptors (Lipinski definition) is 6. The maximum atomic E-state index is 13.9. The predicted octanol–water partition coefficient (Wildman–Crippen LogP) is 5.18. The Labute approximate surface area is 254 Å². The lowest BCUT2D eigenvalue weighted by Gasteiger charge is -2.26. The Morgan fingerprint density at radius 1 is 1.00 bits per heavy atom. The molecule has 4 aromatic carbocycles. The summed E-state index contributed by atoms with van der Waals surface area (Å²) in [5.41, 5.74) is 3.15. The smallest absolute Gasteiger partial charge is 0.309 e. The number of sulfonamides is 1. The molecule has 4 aromatic rings. The molecule has 0 radical (unpaired) electrons. The first-order valence-electron chi connectivity index (χ1n) is 13.4. The Morgan fingerprint density at radius 2 is 1.72 bits per heavy atom. The second-order valence-electron chi connectivity index (χ2n) is 9.83. The number of benzene rings is 4. The van der Waals surface area contributed by atoms with Crippen LogP contribution in [0.2, 0.25) is 5.02 Å². The highest BCUT2D eigenvalue weighted by molar-refractivity contribution is 7.93. The molecule has 1 aliphatic heterocycles. The van der Waals surface area contributed by atoms with E-state index in [-0.39, 0.29) is 41.9 Å². The Morgan fingerprint density at radius 3 is 2.42 bits per heavy atom. The highest BCUT2D eigenvalue weighted by atomic mass is 35.5. The molecule has 222 valence electrons. The van der Waals surface area contributed by atoms with Gasteiger partial charge in [0.15, 0.2) is 0 Å². The molecule has 0 saturated heterocycles. The summed E-state index contributed by atoms with van der Waals surface area (Å²) in [5, 5.41) is 3.00. The number of methoxy groups -OCH3 is 1. The van der Waals surface area contributed by atoms with Crippen molar-refractivity contribution in [2.45, 2.75) is 23.8 Å². The van der Waals surface area contributed by atoms with Crippen LogP contribution in [0.4, 0.5) is 10.1 Å². The maximum absolute atomic E-state index is 13.9. The molecule has 1 N–H and O–H groups in total. The number of amides is 1. The van der Waals surface area contributed by atoms with Crippen LogP contribution in [0, 0.1) is 5.82 Å². The van der Waals surface area contributed by atoms with Crippen molar-refractivity contribution in [2.24, 2.45) is 0 Å². The number of para-hydroxylation sites is 1. The van der Waals surface area contributed by atoms with Crippen molar-refractivity contribution in [1.82, 2.24) is 5.32 Å². The highest BCUT2D eigenvalue weighted by Crippen LogP contribution is 2.37. The average molecular weight is 623 g/mol. The summed E-state index contributed by atoms with van der Waals surface area (Å²) < 4.78 is 52.9. The molecule has 1 aliphatic rings. The van der Waals surface area contributed by atoms with Gasteiger partial charge >= 0.3 is 5.97 Å². The van der Waals surface area contributed by atoms with Gasteiger partial charge in [0.1, 0.15) is 24.2 Å². The first-order valence-corrected chi connectivity index (χ1v) is 15.2. The quantitative estimate of drug-likeness (QED) is 0.193. The zero-order valence-electron chi connectivity index (χ0n) is 23.1. The van der Waals surface area contributed by atoms with E-state index in [1.165, 1.54) is 41.7 Å². The van der Waals surface area contributed by atoms with E-state index in [2.05, 4.69) is 10.1 Å². The number of esters is 1. The van der Waals surface area contributed by atoms with Crippen molar-refractivity contribution in [3.05, 3.63) is 113 Å². The monoisotopic (exact) mass is 622 g/mol. The van der Waals surface area contributed by atoms with E-state index in [9.17, 15) is 22.4 Å². The molecule has 11 heteroatoms. The molecular weight excluding hydrogens is 595 g/mol. The van der Waals surface area contributed by atoms with Gasteiger partial charge in [-0.25, -0.2) is 12.8 Å². The number of halogens is 2. The fourth-order valence-electron chi connectivity index (χ4n) is 4.90. The van der Waals surface area contributed by atoms with Crippen LogP contribution in [0.5, 0.6) is 5.75 Å². The van der Waals surface area contributed by atoms with Crippen LogP contribution in [-0.2, 0) is 37.2 Å². The summed E-state index contributed by atoms with van der Waals surface area (Å²) in [7, 11) is -2.80. The molecule has 1 heterocycles. The molecule has 0 unspecified atom stereocenters. The van der Waals surface area contributed by atoms with E-state index in [4.69, 9.17) is 16.3 Å². The number of carbonyl (C=O) groups excluding carboxylic acids is 2. The molecule has 0 spiro atoms. The lowest BCUT2D eigenvalue weighted by Crippen LogP contribution is -2.48. The van der Waals surface area contributed by atoms with Gasteiger partial charge in [0, 0.05) is 12.0 Å². The molecular formula is C32H28ClFN2O6S. The number of anilines is 1. The molecule has 8 nitrogen and oxygen atoms in total. The van der Waals surface area contributed by atoms with Crippen LogP contribution in [0.3, 0.4) is 0 Å². The molecule has 0 saturated carbocycles. The molecule has 0 aromatic heterocycles. The van der Waals surface area contributed by atoms with Crippen molar-refractivity contribution >= 4 is 39.2 Å². The Kier molecular flexibility index (Phi) is 8.98. The minimum absolute atomic E-state index is 0.00275. The third kappa shape index (κ3) is 6.65. The largest absolute Gasteiger partial charge is 0.492 e. The molecule has 1 atom stereocenters. The van der Waals surface area contributed by atoms with Crippen LogP contribution >= 0.6 is 11.6 Å². The van der Waals surface area contributed by atoms with Gasteiger partial charge in [-0.05, 0) is 65.2 Å². The van der Waals surface area contributed by atoms with E-state index in [0.29, 0.717) is 22.6 Å². The second-order valence-corrected chi connectivity index (χ2v) is 12.1. The molecule has 5 rings (SSSR count). The van der Waals surface area contributed by atoms with Crippen molar-refractivity contribution < 1.29 is 31.9 Å². The van der Waals surface area contributed by atoms with Gasteiger partial charge in [-0.1, -0.05) is 54.1 Å². The standard InChI is InChI=1S/C32H28ClFN2O6S/c1-41-31(37)18-21-6-11-25(12-7-21)42-17-16-35-32(38)30-19-23-4-2-3-5-29(23)36(30)43(39,40)26-13-8-22(9-14-26)27-15-10-24(34)20-28(27)33/h2-15,20,30H,16-19H2,1H3,(H,35,38)/t30-/m0/s1. The second kappa shape index (κ2) is 12.8. The highest BCUT2D eigenvalue weighted by Gasteiger charge is 2.42. The van der Waals surface area contributed by atoms with Crippen molar-refractivity contribution in [3.63, 3.8) is 0 Å². The van der Waals surface area contributed by atoms with Gasteiger partial charge in [-0.3, -0.25) is 13.9 Å². The van der Waals surface area contributed by atoms with E-state index in [0.717, 1.165) is 11.1 Å². The van der Waals surface area contributed by atoms with Crippen LogP contribution < -0.4 is 14.4 Å². The van der Waals surface area contributed by atoms with Crippen LogP contribution in [0.15, 0.2) is 95.9 Å². The minimum Gasteiger partial charge on any atom is -0.492 e. The van der Waals surface area contributed by atoms with E-state index in [1.807, 2.05) is 0 Å². The summed E-state index contributed by atoms with van der Waals surface area (Å²) in [5.74, 6) is -0.701. The predicted molar refractivity (Wildman–Crippen MR) is 161 cm³/mol. The van der Waals surface area contributed by atoms with E-state index in [1.54, 1.807) is 60.7 Å². The first-order chi connectivity index (χ1) is 20.7. The third-order valence-electron chi connectivity index (χ3n) is 7.05. The molecule has 0 bridgehead atoms. The zero-order valence-corrected chi connectivity index (χ0v) is 24.7. The van der Waals surface area contributed by atoms with Gasteiger partial charge in [-0.2, -0.15) is 0 Å². The van der Waals surface area contributed by atoms with Gasteiger partial charge in [0.25, 0.3) is 10.0 Å². The van der Waals surface area contributed by atoms with Crippen molar-refractivity contribution in [2.75, 3.05) is 24.6 Å². The van der Waals surface area contributed by atoms with E-state index >= 15 is 0 Å². The summed E-state index contributed by atoms with van der Waals surface area (Å²) in [6.45, 7) is 0.304. The first kappa shape index (κ1) is 30.1. The fourth-order valence-corrected chi connectivity index (χ4v) is 6.83. The van der Waals surface area contributed by atoms with Gasteiger partial charge in [-0.15, -0.1) is 0 Å². The van der Waals surface area contributed by atoms with Crippen LogP contribution in [0.25, 0.3) is 11.1 Å². The van der Waals surface area contributed by atoms with Gasteiger partial charge in [0.2, 0.25) is 5.91 Å². The van der Waals surface area contributed by atoms with Crippen molar-refractivity contribution in [3.8, 4) is 16.9 Å². The number of nitrogens with zero attached hydrogens (tertiary/aromatic N) is 1. The van der Waals surface area contributed by atoms with Gasteiger partial charge < -0.3 is 14.8 Å². The number of carbonyl (C=O) groups is 2. The lowest BCUT2D eigenvalue weighted by atomic mass is 10.1. The normalized spacial score (nSPS) is 14.2. The fraction of sp³-hybridized carbons (Fsp3) is 0.188. The summed E-state index contributed by atoms with van der Waals surface area (Å²) in [6, 6.07) is 23.1. The Hall–Kier alpha value is -4.41. The van der Waals surface area contributed by atoms with E-state index < -0.39 is 27.8 Å². The van der Waals surface area contributed by atoms with Crippen LogP contribution in [0.1, 0.15) is 11.1 Å². The van der Waals surface area contributed by atoms with Crippen LogP contribution in [-0.4, -0.2) is 46.6 Å². The molecule has 43 heavy (non-hydrogen) atoms. The summed E-state index contributed by atoms with van der Waals surface area (Å²) >= 11 is 6.19. The Bertz CT molecular complexity index is 1750. The summed E-state index contributed by atoms with van der Waals surface area (Å²) in [6.07, 6.45) is 0.371. The molecule has 0 aliphatic carbocycles. The van der Waals surface area contributed by atoms with Gasteiger partial charge in [0.05, 0.1) is 35.7 Å². The average Bonchev–Trinajstić information content (AvgIpc) is 3.41. The topological polar surface area (TPSA) is 102 Å². The SMILES string of the molecule is COC(=O)Cc1ccc(OCCNC(=O)[C@@H]2Cc3ccccc3N2S(=O)(=O)c2ccc(-c3ccc(F)cc3Cl)cc2)cc1. The molecule has 1 amide bonds. The Balaban J connectivity index is 1.27. The number of fused-ring (bicyclic) bond motifs is 1. The number of ether oxygens (including phenoxy) is 2. The number of nitrogens with one attached hydrogen (secondary N) is 1. The number of hydrogen-bond donors (Lipinski definition) is 1. The van der Waals surface area contributed by atoms with Crippen molar-refractivity contribution in [1.29, 1.82) is 0 Å². The third-order valence-corrected chi connectivity index (χ3v) is 9.20. The minimum atomic E-state index is -4.14. The lowest BCUT2D eigenvalue weighted by molar-refractivity contribution is -0.139. The number of rotatable bonds is 10. The summed E-state index contributed by atoms with van der Waals surface area (Å²) in [4.78, 5) is 24.8. The molecule has 0 fully saturated rings. The zero-order chi connectivity index (χ0) is 30.6.